The molecule has 3 heterocycles. The molecule has 0 unspecified atom stereocenters. The number of thiophene rings is 1. The number of aromatic nitrogens is 4. The van der Waals surface area contributed by atoms with Crippen molar-refractivity contribution in [3.8, 4) is 56.5 Å². The summed E-state index contributed by atoms with van der Waals surface area (Å²) in [5.41, 5.74) is 7.10. The summed E-state index contributed by atoms with van der Waals surface area (Å²) in [5, 5.41) is 12.5. The molecule has 0 saturated carbocycles. The molecule has 0 aliphatic carbocycles. The molecule has 0 aliphatic rings. The van der Waals surface area contributed by atoms with E-state index in [2.05, 4.69) is 164 Å². The number of pyridine rings is 1. The van der Waals surface area contributed by atoms with Gasteiger partial charge in [0.25, 0.3) is 0 Å². The molecule has 12 rings (SSSR count). The van der Waals surface area contributed by atoms with Gasteiger partial charge in [0, 0.05) is 43.1 Å². The summed E-state index contributed by atoms with van der Waals surface area (Å²) in [5.74, 6) is 1.88. The minimum absolute atomic E-state index is 0.621. The van der Waals surface area contributed by atoms with E-state index < -0.39 is 0 Å². The SMILES string of the molecule is c1ccc(-c2nc(-c3ccc(-c4ccc5c6ccccc6c6ccccc6c5c4)cc3)nc(-c3ccc(-c4nc5sc6ccccc6c5c5ccccc45)cc3)n2)cc1. The molecular formula is C54H32N4S. The van der Waals surface area contributed by atoms with Crippen molar-refractivity contribution in [2.75, 3.05) is 0 Å². The van der Waals surface area contributed by atoms with Gasteiger partial charge in [-0.1, -0.05) is 182 Å². The van der Waals surface area contributed by atoms with Gasteiger partial charge in [0.15, 0.2) is 17.5 Å². The molecule has 3 aromatic heterocycles. The zero-order valence-electron chi connectivity index (χ0n) is 31.7. The van der Waals surface area contributed by atoms with Crippen LogP contribution in [0.3, 0.4) is 0 Å². The highest BCUT2D eigenvalue weighted by Crippen LogP contribution is 2.41. The maximum atomic E-state index is 5.27. The third-order valence-electron chi connectivity index (χ3n) is 11.5. The summed E-state index contributed by atoms with van der Waals surface area (Å²) in [6, 6.07) is 68.6. The van der Waals surface area contributed by atoms with Crippen molar-refractivity contribution in [2.24, 2.45) is 0 Å². The summed E-state index contributed by atoms with van der Waals surface area (Å²) in [7, 11) is 0. The van der Waals surface area contributed by atoms with E-state index in [0.717, 1.165) is 43.7 Å². The normalized spacial score (nSPS) is 11.7. The van der Waals surface area contributed by atoms with Gasteiger partial charge in [-0.3, -0.25) is 0 Å². The van der Waals surface area contributed by atoms with E-state index in [1.54, 1.807) is 11.3 Å². The van der Waals surface area contributed by atoms with Crippen molar-refractivity contribution in [1.29, 1.82) is 0 Å². The first kappa shape index (κ1) is 33.5. The van der Waals surface area contributed by atoms with Crippen LogP contribution in [0.25, 0.3) is 120 Å². The summed E-state index contributed by atoms with van der Waals surface area (Å²) in [4.78, 5) is 21.4. The highest BCUT2D eigenvalue weighted by atomic mass is 32.1. The van der Waals surface area contributed by atoms with Crippen LogP contribution in [0.2, 0.25) is 0 Å². The number of nitrogens with zero attached hydrogens (tertiary/aromatic N) is 4. The standard InChI is InChI=1S/C54H32N4S/c1-2-12-35(13-3-1)51-56-52(36-26-22-33(23-27-36)38-30-31-43-41-16-5-4-14-39(41)40-15-6-7-17-42(40)47(43)32-38)58-53(57-51)37-28-24-34(25-29-37)50-45-19-9-8-18-44(45)49-46-20-10-11-21-48(46)59-54(49)55-50/h1-32H. The molecule has 0 fully saturated rings. The van der Waals surface area contributed by atoms with E-state index in [1.165, 1.54) is 58.7 Å². The van der Waals surface area contributed by atoms with Crippen LogP contribution in [0.15, 0.2) is 194 Å². The predicted molar refractivity (Wildman–Crippen MR) is 248 cm³/mol. The molecule has 12 aromatic rings. The molecule has 0 aliphatic heterocycles. The van der Waals surface area contributed by atoms with Crippen LogP contribution in [-0.4, -0.2) is 19.9 Å². The van der Waals surface area contributed by atoms with Crippen molar-refractivity contribution in [2.45, 2.75) is 0 Å². The highest BCUT2D eigenvalue weighted by molar-refractivity contribution is 7.25. The van der Waals surface area contributed by atoms with Gasteiger partial charge in [-0.15, -0.1) is 11.3 Å². The van der Waals surface area contributed by atoms with Crippen molar-refractivity contribution in [1.82, 2.24) is 19.9 Å². The Kier molecular flexibility index (Phi) is 7.68. The van der Waals surface area contributed by atoms with E-state index in [0.29, 0.717) is 17.5 Å². The first-order chi connectivity index (χ1) is 29.2. The Bertz CT molecular complexity index is 3560. The number of hydrogen-bond acceptors (Lipinski definition) is 5. The molecule has 9 aromatic carbocycles. The molecule has 0 atom stereocenters. The van der Waals surface area contributed by atoms with E-state index >= 15 is 0 Å². The van der Waals surface area contributed by atoms with Crippen molar-refractivity contribution >= 4 is 74.7 Å². The molecule has 0 amide bonds. The Hall–Kier alpha value is -7.60. The Morgan fingerprint density at radius 1 is 0.271 bits per heavy atom. The second kappa shape index (κ2) is 13.5. The van der Waals surface area contributed by atoms with Gasteiger partial charge in [0.05, 0.1) is 5.69 Å². The third kappa shape index (κ3) is 5.58. The quantitative estimate of drug-likeness (QED) is 0.164. The summed E-state index contributed by atoms with van der Waals surface area (Å²) < 4.78 is 1.25. The maximum absolute atomic E-state index is 5.27. The average molecular weight is 769 g/mol. The summed E-state index contributed by atoms with van der Waals surface area (Å²) >= 11 is 1.75. The van der Waals surface area contributed by atoms with Gasteiger partial charge in [-0.2, -0.15) is 0 Å². The van der Waals surface area contributed by atoms with E-state index in [1.807, 2.05) is 30.3 Å². The van der Waals surface area contributed by atoms with Crippen LogP contribution in [0.5, 0.6) is 0 Å². The number of fused-ring (bicyclic) bond motifs is 11. The fourth-order valence-electron chi connectivity index (χ4n) is 8.69. The second-order valence-corrected chi connectivity index (χ2v) is 16.0. The summed E-state index contributed by atoms with van der Waals surface area (Å²) in [6.07, 6.45) is 0. The van der Waals surface area contributed by atoms with Gasteiger partial charge in [0.2, 0.25) is 0 Å². The Labute approximate surface area is 343 Å². The minimum Gasteiger partial charge on any atom is -0.236 e. The van der Waals surface area contributed by atoms with Gasteiger partial charge in [0.1, 0.15) is 4.83 Å². The van der Waals surface area contributed by atoms with Crippen LogP contribution >= 0.6 is 11.3 Å². The van der Waals surface area contributed by atoms with Gasteiger partial charge in [-0.25, -0.2) is 19.9 Å². The molecule has 0 saturated heterocycles. The van der Waals surface area contributed by atoms with Gasteiger partial charge < -0.3 is 0 Å². The van der Waals surface area contributed by atoms with E-state index in [4.69, 9.17) is 19.9 Å². The van der Waals surface area contributed by atoms with Gasteiger partial charge >= 0.3 is 0 Å². The van der Waals surface area contributed by atoms with Crippen LogP contribution in [0, 0.1) is 0 Å². The lowest BCUT2D eigenvalue weighted by Crippen LogP contribution is -2.00. The van der Waals surface area contributed by atoms with Crippen molar-refractivity contribution in [3.63, 3.8) is 0 Å². The molecule has 4 nitrogen and oxygen atoms in total. The zero-order chi connectivity index (χ0) is 38.9. The average Bonchev–Trinajstić information content (AvgIpc) is 3.70. The largest absolute Gasteiger partial charge is 0.236 e. The molecule has 0 spiro atoms. The zero-order valence-corrected chi connectivity index (χ0v) is 32.5. The highest BCUT2D eigenvalue weighted by Gasteiger charge is 2.17. The first-order valence-corrected chi connectivity index (χ1v) is 20.6. The molecule has 5 heteroatoms. The van der Waals surface area contributed by atoms with Crippen molar-refractivity contribution in [3.05, 3.63) is 194 Å². The first-order valence-electron chi connectivity index (χ1n) is 19.8. The van der Waals surface area contributed by atoms with Crippen molar-refractivity contribution < 1.29 is 0 Å². The Morgan fingerprint density at radius 3 is 1.31 bits per heavy atom. The molecule has 274 valence electrons. The van der Waals surface area contributed by atoms with Crippen LogP contribution in [0.1, 0.15) is 0 Å². The molecule has 0 N–H and O–H groups in total. The predicted octanol–water partition coefficient (Wildman–Crippen LogP) is 14.6. The van der Waals surface area contributed by atoms with Crippen LogP contribution in [0.4, 0.5) is 0 Å². The lowest BCUT2D eigenvalue weighted by Gasteiger charge is -2.12. The van der Waals surface area contributed by atoms with E-state index in [-0.39, 0.29) is 0 Å². The molecule has 0 radical (unpaired) electrons. The topological polar surface area (TPSA) is 51.6 Å². The maximum Gasteiger partial charge on any atom is 0.164 e. The molecular weight excluding hydrogens is 737 g/mol. The Balaban J connectivity index is 0.932. The van der Waals surface area contributed by atoms with Crippen LogP contribution in [-0.2, 0) is 0 Å². The van der Waals surface area contributed by atoms with E-state index in [9.17, 15) is 0 Å². The second-order valence-electron chi connectivity index (χ2n) is 15.0. The lowest BCUT2D eigenvalue weighted by atomic mass is 9.92. The minimum atomic E-state index is 0.621. The van der Waals surface area contributed by atoms with Gasteiger partial charge in [-0.05, 0) is 61.0 Å². The fraction of sp³-hybridized carbons (Fsp3) is 0. The molecule has 0 bridgehead atoms. The van der Waals surface area contributed by atoms with Crippen LogP contribution < -0.4 is 0 Å². The fourth-order valence-corrected chi connectivity index (χ4v) is 9.78. The number of rotatable bonds is 5. The number of benzene rings is 9. The smallest absolute Gasteiger partial charge is 0.164 e. The summed E-state index contributed by atoms with van der Waals surface area (Å²) in [6.45, 7) is 0. The third-order valence-corrected chi connectivity index (χ3v) is 12.6. The monoisotopic (exact) mass is 768 g/mol. The lowest BCUT2D eigenvalue weighted by molar-refractivity contribution is 1.07. The Morgan fingerprint density at radius 2 is 0.695 bits per heavy atom. The molecule has 59 heavy (non-hydrogen) atoms. The number of hydrogen-bond donors (Lipinski definition) is 0.